The molecule has 0 fully saturated rings. The summed E-state index contributed by atoms with van der Waals surface area (Å²) in [6.45, 7) is 0.327. The molecule has 0 saturated carbocycles. The molecular weight excluding hydrogens is 381 g/mol. The number of ether oxygens (including phenoxy) is 2. The Balaban J connectivity index is 2.21. The molecule has 0 radical (unpaired) electrons. The molecule has 7 nitrogen and oxygen atoms in total. The second kappa shape index (κ2) is 8.05. The average molecular weight is 399 g/mol. The fraction of sp³-hybridized carbons (Fsp3) is 0.143. The van der Waals surface area contributed by atoms with Gasteiger partial charge in [-0.3, -0.25) is 4.79 Å². The number of hydrogen-bond acceptors (Lipinski definition) is 5. The molecular formula is C21H18FNO6. The fourth-order valence-corrected chi connectivity index (χ4v) is 3.02. The van der Waals surface area contributed by atoms with E-state index in [-0.39, 0.29) is 11.4 Å². The first kappa shape index (κ1) is 19.9. The van der Waals surface area contributed by atoms with E-state index in [9.17, 15) is 19.1 Å². The van der Waals surface area contributed by atoms with Crippen LogP contribution in [0.1, 0.15) is 11.1 Å². The highest BCUT2D eigenvalue weighted by atomic mass is 19.1. The van der Waals surface area contributed by atoms with Crippen molar-refractivity contribution in [1.29, 1.82) is 0 Å². The Morgan fingerprint density at radius 1 is 1.10 bits per heavy atom. The van der Waals surface area contributed by atoms with Gasteiger partial charge in [-0.05, 0) is 17.7 Å². The molecule has 0 amide bonds. The summed E-state index contributed by atoms with van der Waals surface area (Å²) in [7, 11) is 2.94. The predicted octanol–water partition coefficient (Wildman–Crippen LogP) is 3.40. The number of fused-ring (bicyclic) bond motifs is 1. The number of aliphatic carboxylic acids is 1. The summed E-state index contributed by atoms with van der Waals surface area (Å²) in [5.74, 6) is -2.93. The number of carbonyl (C=O) groups excluding carboxylic acids is 1. The Labute approximate surface area is 165 Å². The van der Waals surface area contributed by atoms with Crippen LogP contribution in [-0.2, 0) is 16.1 Å². The minimum Gasteiger partial charge on any atom is -0.507 e. The van der Waals surface area contributed by atoms with Crippen LogP contribution in [0.15, 0.2) is 48.7 Å². The van der Waals surface area contributed by atoms with E-state index in [2.05, 4.69) is 0 Å². The first-order valence-electron chi connectivity index (χ1n) is 8.51. The monoisotopic (exact) mass is 399 g/mol. The molecule has 0 spiro atoms. The van der Waals surface area contributed by atoms with Crippen LogP contribution in [-0.4, -0.2) is 40.8 Å². The van der Waals surface area contributed by atoms with Crippen LogP contribution in [0.2, 0.25) is 0 Å². The number of aliphatic hydroxyl groups excluding tert-OH is 1. The van der Waals surface area contributed by atoms with Crippen molar-refractivity contribution >= 4 is 28.4 Å². The standard InChI is InChI=1S/C21H18FNO6/c1-28-14-7-16-20(19(8-14)29-2)15(17(24)9-18(25)21(26)27)11-23(16)10-12-3-5-13(22)6-4-12/h3-9,11,24H,10H2,1-2H3,(H,26,27). The maximum Gasteiger partial charge on any atom is 0.376 e. The van der Waals surface area contributed by atoms with Crippen molar-refractivity contribution in [2.24, 2.45) is 0 Å². The molecule has 0 aliphatic heterocycles. The molecule has 3 rings (SSSR count). The van der Waals surface area contributed by atoms with Crippen molar-refractivity contribution in [2.45, 2.75) is 6.54 Å². The Hall–Kier alpha value is -3.81. The molecule has 1 aromatic heterocycles. The van der Waals surface area contributed by atoms with Gasteiger partial charge in [-0.15, -0.1) is 0 Å². The van der Waals surface area contributed by atoms with Gasteiger partial charge in [0.05, 0.1) is 25.1 Å². The van der Waals surface area contributed by atoms with E-state index in [1.165, 1.54) is 26.4 Å². The highest BCUT2D eigenvalue weighted by molar-refractivity contribution is 6.38. The smallest absolute Gasteiger partial charge is 0.376 e. The van der Waals surface area contributed by atoms with E-state index >= 15 is 0 Å². The number of aliphatic hydroxyl groups is 1. The maximum absolute atomic E-state index is 13.2. The molecule has 0 aliphatic carbocycles. The SMILES string of the molecule is COc1cc(OC)c2c(C(O)=CC(=O)C(=O)O)cn(Cc3ccc(F)cc3)c2c1. The number of carboxylic acid groups (broad SMARTS) is 1. The predicted molar refractivity (Wildman–Crippen MR) is 104 cm³/mol. The summed E-state index contributed by atoms with van der Waals surface area (Å²) in [6.07, 6.45) is 2.21. The summed E-state index contributed by atoms with van der Waals surface area (Å²) >= 11 is 0. The second-order valence-electron chi connectivity index (χ2n) is 6.22. The quantitative estimate of drug-likeness (QED) is 0.359. The van der Waals surface area contributed by atoms with Gasteiger partial charge in [0, 0.05) is 36.5 Å². The Morgan fingerprint density at radius 3 is 2.38 bits per heavy atom. The fourth-order valence-electron chi connectivity index (χ4n) is 3.02. The lowest BCUT2D eigenvalue weighted by atomic mass is 10.1. The van der Waals surface area contributed by atoms with Crippen molar-refractivity contribution in [3.63, 3.8) is 0 Å². The van der Waals surface area contributed by atoms with Gasteiger partial charge < -0.3 is 24.3 Å². The topological polar surface area (TPSA) is 98.0 Å². The molecule has 0 unspecified atom stereocenters. The Kier molecular flexibility index (Phi) is 5.54. The molecule has 8 heteroatoms. The van der Waals surface area contributed by atoms with E-state index < -0.39 is 17.5 Å². The largest absolute Gasteiger partial charge is 0.507 e. The van der Waals surface area contributed by atoms with E-state index in [1.54, 1.807) is 35.0 Å². The average Bonchev–Trinajstić information content (AvgIpc) is 3.07. The minimum absolute atomic E-state index is 0.219. The molecule has 2 aromatic carbocycles. The summed E-state index contributed by atoms with van der Waals surface area (Å²) in [5.41, 5.74) is 1.63. The normalized spacial score (nSPS) is 11.5. The lowest BCUT2D eigenvalue weighted by Gasteiger charge is -2.10. The third kappa shape index (κ3) is 4.06. The molecule has 29 heavy (non-hydrogen) atoms. The van der Waals surface area contributed by atoms with Gasteiger partial charge in [-0.2, -0.15) is 0 Å². The number of aromatic nitrogens is 1. The van der Waals surface area contributed by atoms with Crippen molar-refractivity contribution in [3.05, 3.63) is 65.6 Å². The molecule has 1 heterocycles. The van der Waals surface area contributed by atoms with Crippen molar-refractivity contribution < 1.29 is 33.7 Å². The number of halogens is 1. The van der Waals surface area contributed by atoms with Crippen LogP contribution in [0.5, 0.6) is 11.5 Å². The number of carbonyl (C=O) groups is 2. The molecule has 0 saturated heterocycles. The summed E-state index contributed by atoms with van der Waals surface area (Å²) < 4.78 is 25.7. The summed E-state index contributed by atoms with van der Waals surface area (Å²) in [4.78, 5) is 22.3. The van der Waals surface area contributed by atoms with E-state index in [0.29, 0.717) is 35.0 Å². The summed E-state index contributed by atoms with van der Waals surface area (Å²) in [6, 6.07) is 9.26. The minimum atomic E-state index is -1.68. The van der Waals surface area contributed by atoms with Gasteiger partial charge in [0.25, 0.3) is 5.78 Å². The van der Waals surface area contributed by atoms with Crippen molar-refractivity contribution in [3.8, 4) is 11.5 Å². The van der Waals surface area contributed by atoms with E-state index in [0.717, 1.165) is 5.56 Å². The van der Waals surface area contributed by atoms with Crippen LogP contribution >= 0.6 is 0 Å². The number of carboxylic acids is 1. The molecule has 3 aromatic rings. The van der Waals surface area contributed by atoms with Crippen LogP contribution in [0.4, 0.5) is 4.39 Å². The van der Waals surface area contributed by atoms with Crippen molar-refractivity contribution in [1.82, 2.24) is 4.57 Å². The second-order valence-corrected chi connectivity index (χ2v) is 6.22. The van der Waals surface area contributed by atoms with Gasteiger partial charge in [0.2, 0.25) is 0 Å². The lowest BCUT2D eigenvalue weighted by Crippen LogP contribution is -2.09. The molecule has 150 valence electrons. The number of ketones is 1. The van der Waals surface area contributed by atoms with Crippen LogP contribution in [0.25, 0.3) is 16.7 Å². The first-order valence-corrected chi connectivity index (χ1v) is 8.51. The van der Waals surface area contributed by atoms with Gasteiger partial charge in [0.1, 0.15) is 23.1 Å². The highest BCUT2D eigenvalue weighted by Gasteiger charge is 2.20. The molecule has 0 bridgehead atoms. The number of nitrogens with zero attached hydrogens (tertiary/aromatic N) is 1. The number of hydrogen-bond donors (Lipinski definition) is 2. The number of benzene rings is 2. The highest BCUT2D eigenvalue weighted by Crippen LogP contribution is 2.37. The van der Waals surface area contributed by atoms with Gasteiger partial charge >= 0.3 is 5.97 Å². The molecule has 0 aliphatic rings. The van der Waals surface area contributed by atoms with E-state index in [4.69, 9.17) is 14.6 Å². The molecule has 0 atom stereocenters. The lowest BCUT2D eigenvalue weighted by molar-refractivity contribution is -0.146. The Morgan fingerprint density at radius 2 is 1.79 bits per heavy atom. The first-order chi connectivity index (χ1) is 13.8. The summed E-state index contributed by atoms with van der Waals surface area (Å²) in [5, 5.41) is 19.7. The number of methoxy groups -OCH3 is 2. The zero-order valence-corrected chi connectivity index (χ0v) is 15.7. The van der Waals surface area contributed by atoms with Crippen LogP contribution < -0.4 is 9.47 Å². The number of rotatable bonds is 7. The zero-order valence-electron chi connectivity index (χ0n) is 15.7. The maximum atomic E-state index is 13.2. The van der Waals surface area contributed by atoms with Crippen LogP contribution in [0, 0.1) is 5.82 Å². The third-order valence-corrected chi connectivity index (χ3v) is 4.39. The van der Waals surface area contributed by atoms with Gasteiger partial charge in [-0.25, -0.2) is 9.18 Å². The zero-order chi connectivity index (χ0) is 21.1. The van der Waals surface area contributed by atoms with Crippen LogP contribution in [0.3, 0.4) is 0 Å². The third-order valence-electron chi connectivity index (χ3n) is 4.39. The van der Waals surface area contributed by atoms with Crippen molar-refractivity contribution in [2.75, 3.05) is 14.2 Å². The Bertz CT molecular complexity index is 1110. The molecule has 2 N–H and O–H groups in total. The van der Waals surface area contributed by atoms with Gasteiger partial charge in [0.15, 0.2) is 0 Å². The van der Waals surface area contributed by atoms with E-state index in [1.807, 2.05) is 0 Å². The van der Waals surface area contributed by atoms with Gasteiger partial charge in [-0.1, -0.05) is 12.1 Å².